The maximum atomic E-state index is 14.6. The van der Waals surface area contributed by atoms with Crippen molar-refractivity contribution in [1.82, 2.24) is 10.2 Å². The van der Waals surface area contributed by atoms with E-state index >= 15 is 0 Å². The molecule has 2 aromatic carbocycles. The van der Waals surface area contributed by atoms with Crippen LogP contribution in [0.2, 0.25) is 5.02 Å². The molecule has 2 aromatic rings. The highest BCUT2D eigenvalue weighted by atomic mass is 35.5. The molecule has 3 aliphatic rings. The summed E-state index contributed by atoms with van der Waals surface area (Å²) in [5.41, 5.74) is 1.32. The predicted octanol–water partition coefficient (Wildman–Crippen LogP) is 3.64. The lowest BCUT2D eigenvalue weighted by atomic mass is 10.0. The van der Waals surface area contributed by atoms with Crippen LogP contribution in [0.5, 0.6) is 5.75 Å². The van der Waals surface area contributed by atoms with Gasteiger partial charge in [-0.25, -0.2) is 9.18 Å². The third-order valence-electron chi connectivity index (χ3n) is 6.36. The summed E-state index contributed by atoms with van der Waals surface area (Å²) in [6, 6.07) is 6.34. The van der Waals surface area contributed by atoms with Gasteiger partial charge in [0.15, 0.2) is 0 Å². The zero-order valence-corrected chi connectivity index (χ0v) is 20.0. The van der Waals surface area contributed by atoms with Gasteiger partial charge in [-0.2, -0.15) is 0 Å². The molecule has 36 heavy (non-hydrogen) atoms. The summed E-state index contributed by atoms with van der Waals surface area (Å²) in [5, 5.41) is 2.41. The quantitative estimate of drug-likeness (QED) is 0.503. The van der Waals surface area contributed by atoms with E-state index in [-0.39, 0.29) is 41.8 Å². The molecule has 2 fully saturated rings. The van der Waals surface area contributed by atoms with E-state index < -0.39 is 29.8 Å². The van der Waals surface area contributed by atoms with Crippen LogP contribution < -0.4 is 15.0 Å². The number of imide groups is 1. The van der Waals surface area contributed by atoms with Gasteiger partial charge in [0.25, 0.3) is 5.91 Å². The summed E-state index contributed by atoms with van der Waals surface area (Å²) in [4.78, 5) is 51.8. The van der Waals surface area contributed by atoms with Crippen LogP contribution in [-0.2, 0) is 16.1 Å². The monoisotopic (exact) mass is 509 g/mol. The van der Waals surface area contributed by atoms with Crippen LogP contribution in [0.4, 0.5) is 14.9 Å². The number of nitrogens with zero attached hydrogens (tertiary/aromatic N) is 2. The van der Waals surface area contributed by atoms with E-state index in [0.717, 1.165) is 23.8 Å². The highest BCUT2D eigenvalue weighted by molar-refractivity contribution is 6.31. The number of halogens is 2. The van der Waals surface area contributed by atoms with E-state index in [2.05, 4.69) is 17.2 Å². The van der Waals surface area contributed by atoms with Crippen LogP contribution in [0.25, 0.3) is 0 Å². The van der Waals surface area contributed by atoms with E-state index in [1.165, 1.54) is 30.1 Å². The number of hydrogen-bond acceptors (Lipinski definition) is 5. The minimum absolute atomic E-state index is 0.0502. The van der Waals surface area contributed by atoms with Crippen LogP contribution in [0, 0.1) is 23.6 Å². The van der Waals surface area contributed by atoms with Crippen LogP contribution >= 0.6 is 11.6 Å². The summed E-state index contributed by atoms with van der Waals surface area (Å²) in [6.45, 7) is 0.204. The maximum absolute atomic E-state index is 14.6. The molecule has 5 rings (SSSR count). The Morgan fingerprint density at radius 1 is 1.19 bits per heavy atom. The van der Waals surface area contributed by atoms with Crippen molar-refractivity contribution in [2.75, 3.05) is 11.9 Å². The molecule has 1 aliphatic carbocycles. The number of benzene rings is 2. The first-order valence-electron chi connectivity index (χ1n) is 11.4. The molecular formula is C26H21ClFN3O5. The van der Waals surface area contributed by atoms with Gasteiger partial charge in [0.2, 0.25) is 11.8 Å². The zero-order valence-electron chi connectivity index (χ0n) is 19.3. The number of nitrogens with one attached hydrogen (secondary N) is 1. The van der Waals surface area contributed by atoms with Gasteiger partial charge in [-0.3, -0.25) is 24.6 Å². The molecule has 2 heterocycles. The predicted molar refractivity (Wildman–Crippen MR) is 128 cm³/mol. The number of rotatable bonds is 3. The number of piperidine rings is 1. The number of carbonyl (C=O) groups excluding carboxylic acids is 4. The van der Waals surface area contributed by atoms with Crippen molar-refractivity contribution in [2.45, 2.75) is 38.3 Å². The Morgan fingerprint density at radius 2 is 1.97 bits per heavy atom. The summed E-state index contributed by atoms with van der Waals surface area (Å²) in [7, 11) is 1.36. The van der Waals surface area contributed by atoms with E-state index in [1.54, 1.807) is 6.07 Å². The molecular weight excluding hydrogens is 489 g/mol. The Hall–Kier alpha value is -3.90. The van der Waals surface area contributed by atoms with Crippen molar-refractivity contribution < 1.29 is 28.3 Å². The number of ether oxygens (including phenoxy) is 1. The van der Waals surface area contributed by atoms with Crippen molar-refractivity contribution in [3.63, 3.8) is 0 Å². The highest BCUT2D eigenvalue weighted by Crippen LogP contribution is 2.32. The summed E-state index contributed by atoms with van der Waals surface area (Å²) >= 11 is 6.12. The Labute approximate surface area is 211 Å². The summed E-state index contributed by atoms with van der Waals surface area (Å²) in [6.07, 6.45) is 1.58. The van der Waals surface area contributed by atoms with Crippen molar-refractivity contribution in [2.24, 2.45) is 5.92 Å². The molecule has 4 amide bonds. The molecule has 8 nitrogen and oxygen atoms in total. The Kier molecular flexibility index (Phi) is 6.14. The number of carbonyl (C=O) groups is 4. The molecule has 1 unspecified atom stereocenters. The van der Waals surface area contributed by atoms with Crippen LogP contribution in [0.1, 0.15) is 47.2 Å². The molecule has 2 aliphatic heterocycles. The smallest absolute Gasteiger partial charge is 0.410 e. The maximum Gasteiger partial charge on any atom is 0.419 e. The van der Waals surface area contributed by atoms with Crippen molar-refractivity contribution in [3.05, 3.63) is 57.9 Å². The fourth-order valence-corrected chi connectivity index (χ4v) is 4.36. The van der Waals surface area contributed by atoms with E-state index in [4.69, 9.17) is 16.3 Å². The van der Waals surface area contributed by atoms with Crippen LogP contribution in [-0.4, -0.2) is 41.8 Å². The molecule has 0 spiro atoms. The van der Waals surface area contributed by atoms with Gasteiger partial charge >= 0.3 is 6.09 Å². The average molecular weight is 510 g/mol. The fraction of sp³-hybridized carbons (Fsp3) is 0.308. The molecule has 10 heteroatoms. The second-order valence-corrected chi connectivity index (χ2v) is 9.38. The van der Waals surface area contributed by atoms with Gasteiger partial charge in [-0.1, -0.05) is 29.5 Å². The van der Waals surface area contributed by atoms with Crippen molar-refractivity contribution in [1.29, 1.82) is 0 Å². The Bertz CT molecular complexity index is 1380. The zero-order chi connectivity index (χ0) is 25.6. The van der Waals surface area contributed by atoms with Gasteiger partial charge in [0.05, 0.1) is 10.7 Å². The average Bonchev–Trinajstić information content (AvgIpc) is 3.61. The minimum atomic E-state index is -0.871. The molecule has 1 N–H and O–H groups in total. The Morgan fingerprint density at radius 3 is 2.69 bits per heavy atom. The molecule has 184 valence electrons. The Balaban J connectivity index is 1.31. The van der Waals surface area contributed by atoms with Crippen LogP contribution in [0.3, 0.4) is 0 Å². The largest absolute Gasteiger partial charge is 0.419 e. The second kappa shape index (κ2) is 9.28. The normalized spacial score (nSPS) is 18.8. The van der Waals surface area contributed by atoms with Gasteiger partial charge < -0.3 is 9.64 Å². The second-order valence-electron chi connectivity index (χ2n) is 8.97. The number of hydrogen-bond donors (Lipinski definition) is 1. The standard InChI is InChI=1S/C26H21ClFN3O5/c1-30(22-10-15(5-4-14-2-3-14)19(27)12-20(22)28)26(35)36-17-7-6-16-13-31(25(34)18(16)11-17)21-8-9-23(32)29-24(21)33/h6-7,10-12,14,21H,2-3,8-9,13H2,1H3,(H,29,32,33). The lowest BCUT2D eigenvalue weighted by Crippen LogP contribution is -2.52. The summed E-state index contributed by atoms with van der Waals surface area (Å²) < 4.78 is 20.0. The SMILES string of the molecule is CN(C(=O)Oc1ccc2c(c1)C(=O)N(C1CCC(=O)NC1=O)C2)c1cc(C#CC2CC2)c(Cl)cc1F. The lowest BCUT2D eigenvalue weighted by Gasteiger charge is -2.29. The van der Waals surface area contributed by atoms with Crippen LogP contribution in [0.15, 0.2) is 30.3 Å². The van der Waals surface area contributed by atoms with E-state index in [9.17, 15) is 23.6 Å². The topological polar surface area (TPSA) is 96.0 Å². The number of fused-ring (bicyclic) bond motifs is 1. The van der Waals surface area contributed by atoms with Gasteiger partial charge in [0.1, 0.15) is 17.6 Å². The number of anilines is 1. The first kappa shape index (κ1) is 23.8. The first-order valence-corrected chi connectivity index (χ1v) is 11.8. The molecule has 1 saturated heterocycles. The van der Waals surface area contributed by atoms with Gasteiger partial charge in [-0.15, -0.1) is 0 Å². The molecule has 0 aromatic heterocycles. The third-order valence-corrected chi connectivity index (χ3v) is 6.68. The minimum Gasteiger partial charge on any atom is -0.410 e. The molecule has 0 radical (unpaired) electrons. The van der Waals surface area contributed by atoms with E-state index in [0.29, 0.717) is 22.6 Å². The third kappa shape index (κ3) is 4.64. The summed E-state index contributed by atoms with van der Waals surface area (Å²) in [5.74, 6) is 4.44. The van der Waals surface area contributed by atoms with E-state index in [1.807, 2.05) is 0 Å². The highest BCUT2D eigenvalue weighted by Gasteiger charge is 2.39. The lowest BCUT2D eigenvalue weighted by molar-refractivity contribution is -0.136. The van der Waals surface area contributed by atoms with Gasteiger partial charge in [0, 0.05) is 37.1 Å². The molecule has 1 saturated carbocycles. The number of amides is 4. The molecule has 1 atom stereocenters. The van der Waals surface area contributed by atoms with Crippen molar-refractivity contribution >= 4 is 41.1 Å². The fourth-order valence-electron chi connectivity index (χ4n) is 4.16. The first-order chi connectivity index (χ1) is 17.2. The van der Waals surface area contributed by atoms with Crippen molar-refractivity contribution in [3.8, 4) is 17.6 Å². The van der Waals surface area contributed by atoms with Gasteiger partial charge in [-0.05, 0) is 49.1 Å². The molecule has 0 bridgehead atoms.